The summed E-state index contributed by atoms with van der Waals surface area (Å²) in [5, 5.41) is 0. The van der Waals surface area contributed by atoms with Gasteiger partial charge in [0.05, 0.1) is 7.11 Å². The van der Waals surface area contributed by atoms with E-state index in [1.165, 1.54) is 7.11 Å². The van der Waals surface area contributed by atoms with Crippen molar-refractivity contribution in [2.75, 3.05) is 7.11 Å². The van der Waals surface area contributed by atoms with Crippen LogP contribution >= 0.6 is 0 Å². The van der Waals surface area contributed by atoms with E-state index in [0.717, 1.165) is 17.4 Å². The SMILES string of the molecule is COC(=O)C[n+]1ccc(/C=C/c2ccc(C=O)cc2)cc1. The number of methoxy groups -OCH3 is 1. The first-order valence-corrected chi connectivity index (χ1v) is 6.50. The lowest BCUT2D eigenvalue weighted by atomic mass is 10.1. The number of aromatic nitrogens is 1. The fourth-order valence-electron chi connectivity index (χ4n) is 1.78. The number of nitrogens with zero attached hydrogens (tertiary/aromatic N) is 1. The highest BCUT2D eigenvalue weighted by Crippen LogP contribution is 2.08. The minimum Gasteiger partial charge on any atom is -0.464 e. The van der Waals surface area contributed by atoms with E-state index >= 15 is 0 Å². The number of pyridine rings is 1. The van der Waals surface area contributed by atoms with Crippen molar-refractivity contribution in [2.24, 2.45) is 0 Å². The van der Waals surface area contributed by atoms with E-state index in [1.807, 2.05) is 48.8 Å². The van der Waals surface area contributed by atoms with Crippen LogP contribution in [0.25, 0.3) is 12.2 Å². The van der Waals surface area contributed by atoms with Crippen LogP contribution in [0.5, 0.6) is 0 Å². The maximum Gasteiger partial charge on any atom is 0.372 e. The van der Waals surface area contributed by atoms with Gasteiger partial charge in [-0.05, 0) is 11.1 Å². The Morgan fingerprint density at radius 3 is 2.05 bits per heavy atom. The Bertz CT molecular complexity index is 643. The number of benzene rings is 1. The molecule has 0 aliphatic carbocycles. The van der Waals surface area contributed by atoms with E-state index in [9.17, 15) is 9.59 Å². The van der Waals surface area contributed by atoms with Crippen LogP contribution in [0.2, 0.25) is 0 Å². The third-order valence-electron chi connectivity index (χ3n) is 3.00. The molecule has 0 saturated carbocycles. The Morgan fingerprint density at radius 2 is 1.52 bits per heavy atom. The zero-order chi connectivity index (χ0) is 15.1. The minimum absolute atomic E-state index is 0.202. The first-order valence-electron chi connectivity index (χ1n) is 6.50. The highest BCUT2D eigenvalue weighted by Gasteiger charge is 2.07. The molecule has 0 amide bonds. The van der Waals surface area contributed by atoms with E-state index in [2.05, 4.69) is 4.74 Å². The summed E-state index contributed by atoms with van der Waals surface area (Å²) in [6.45, 7) is 0.202. The van der Waals surface area contributed by atoms with Gasteiger partial charge in [-0.2, -0.15) is 4.57 Å². The summed E-state index contributed by atoms with van der Waals surface area (Å²) in [7, 11) is 1.37. The van der Waals surface area contributed by atoms with Crippen molar-refractivity contribution in [1.29, 1.82) is 0 Å². The number of aldehydes is 1. The number of hydrogen-bond acceptors (Lipinski definition) is 3. The van der Waals surface area contributed by atoms with Crippen LogP contribution < -0.4 is 4.57 Å². The van der Waals surface area contributed by atoms with Crippen molar-refractivity contribution in [3.8, 4) is 0 Å². The molecule has 21 heavy (non-hydrogen) atoms. The summed E-state index contributed by atoms with van der Waals surface area (Å²) in [6, 6.07) is 11.2. The second-order valence-electron chi connectivity index (χ2n) is 4.50. The van der Waals surface area contributed by atoms with Crippen LogP contribution in [0, 0.1) is 0 Å². The molecule has 0 unspecified atom stereocenters. The second-order valence-corrected chi connectivity index (χ2v) is 4.50. The third kappa shape index (κ3) is 4.38. The Kier molecular flexibility index (Phi) is 4.99. The molecular weight excluding hydrogens is 266 g/mol. The molecule has 0 saturated heterocycles. The molecule has 0 spiro atoms. The standard InChI is InChI=1S/C17H16NO3/c1-21-17(20)12-18-10-8-15(9-11-18)3-2-14-4-6-16(13-19)7-5-14/h2-11,13H,12H2,1H3/q+1/b3-2+. The van der Waals surface area contributed by atoms with Crippen molar-refractivity contribution >= 4 is 24.4 Å². The number of carbonyl (C=O) groups excluding carboxylic acids is 2. The fraction of sp³-hybridized carbons (Fsp3) is 0.118. The smallest absolute Gasteiger partial charge is 0.372 e. The topological polar surface area (TPSA) is 47.2 Å². The Morgan fingerprint density at radius 1 is 1.00 bits per heavy atom. The number of carbonyl (C=O) groups is 2. The van der Waals surface area contributed by atoms with Crippen LogP contribution in [0.1, 0.15) is 21.5 Å². The molecule has 0 atom stereocenters. The molecule has 0 bridgehead atoms. The lowest BCUT2D eigenvalue weighted by molar-refractivity contribution is -0.685. The summed E-state index contributed by atoms with van der Waals surface area (Å²) in [4.78, 5) is 21.7. The highest BCUT2D eigenvalue weighted by atomic mass is 16.5. The fourth-order valence-corrected chi connectivity index (χ4v) is 1.78. The first-order chi connectivity index (χ1) is 10.2. The molecule has 0 N–H and O–H groups in total. The quantitative estimate of drug-likeness (QED) is 0.479. The molecule has 4 heteroatoms. The number of rotatable bonds is 5. The normalized spacial score (nSPS) is 10.5. The van der Waals surface area contributed by atoms with Crippen LogP contribution in [0.15, 0.2) is 48.8 Å². The van der Waals surface area contributed by atoms with Crippen molar-refractivity contribution in [3.63, 3.8) is 0 Å². The minimum atomic E-state index is -0.279. The van der Waals surface area contributed by atoms with Crippen LogP contribution in [-0.4, -0.2) is 19.4 Å². The van der Waals surface area contributed by atoms with E-state index in [4.69, 9.17) is 0 Å². The summed E-state index contributed by atoms with van der Waals surface area (Å²) >= 11 is 0. The van der Waals surface area contributed by atoms with Crippen molar-refractivity contribution in [3.05, 3.63) is 65.5 Å². The first kappa shape index (κ1) is 14.7. The second kappa shape index (κ2) is 7.14. The van der Waals surface area contributed by atoms with Crippen LogP contribution in [0.3, 0.4) is 0 Å². The van der Waals surface area contributed by atoms with Gasteiger partial charge in [-0.3, -0.25) is 4.79 Å². The largest absolute Gasteiger partial charge is 0.464 e. The van der Waals surface area contributed by atoms with E-state index < -0.39 is 0 Å². The average Bonchev–Trinajstić information content (AvgIpc) is 2.54. The van der Waals surface area contributed by atoms with Gasteiger partial charge < -0.3 is 4.74 Å². The Hall–Kier alpha value is -2.75. The van der Waals surface area contributed by atoms with Gasteiger partial charge in [0.15, 0.2) is 12.4 Å². The van der Waals surface area contributed by atoms with Crippen molar-refractivity contribution in [2.45, 2.75) is 6.54 Å². The maximum atomic E-state index is 11.1. The van der Waals surface area contributed by atoms with Gasteiger partial charge in [0.25, 0.3) is 0 Å². The molecule has 1 aromatic heterocycles. The van der Waals surface area contributed by atoms with E-state index in [0.29, 0.717) is 5.56 Å². The van der Waals surface area contributed by atoms with Gasteiger partial charge in [-0.15, -0.1) is 0 Å². The number of esters is 1. The number of hydrogen-bond donors (Lipinski definition) is 0. The summed E-state index contributed by atoms with van der Waals surface area (Å²) in [5.41, 5.74) is 2.71. The summed E-state index contributed by atoms with van der Waals surface area (Å²) in [5.74, 6) is -0.279. The average molecular weight is 282 g/mol. The third-order valence-corrected chi connectivity index (χ3v) is 3.00. The monoisotopic (exact) mass is 282 g/mol. The molecule has 1 heterocycles. The molecular formula is C17H16NO3+. The predicted molar refractivity (Wildman–Crippen MR) is 79.4 cm³/mol. The number of ether oxygens (including phenoxy) is 1. The molecule has 2 rings (SSSR count). The molecule has 0 fully saturated rings. The van der Waals surface area contributed by atoms with Crippen LogP contribution in [-0.2, 0) is 16.1 Å². The molecule has 2 aromatic rings. The molecule has 0 aliphatic heterocycles. The van der Waals surface area contributed by atoms with Gasteiger partial charge in [0.2, 0.25) is 6.54 Å². The lowest BCUT2D eigenvalue weighted by Crippen LogP contribution is -2.37. The predicted octanol–water partition coefficient (Wildman–Crippen LogP) is 2.13. The van der Waals surface area contributed by atoms with E-state index in [-0.39, 0.29) is 12.5 Å². The molecule has 1 aromatic carbocycles. The van der Waals surface area contributed by atoms with Gasteiger partial charge in [0, 0.05) is 17.7 Å². The summed E-state index contributed by atoms with van der Waals surface area (Å²) in [6.07, 6.45) is 8.41. The van der Waals surface area contributed by atoms with Gasteiger partial charge >= 0.3 is 5.97 Å². The van der Waals surface area contributed by atoms with Gasteiger partial charge in [-0.25, -0.2) is 4.79 Å². The van der Waals surface area contributed by atoms with Crippen LogP contribution in [0.4, 0.5) is 0 Å². The maximum absolute atomic E-state index is 11.1. The Balaban J connectivity index is 2.03. The highest BCUT2D eigenvalue weighted by molar-refractivity contribution is 5.76. The Labute approximate surface area is 123 Å². The zero-order valence-corrected chi connectivity index (χ0v) is 11.7. The van der Waals surface area contributed by atoms with E-state index in [1.54, 1.807) is 16.7 Å². The van der Waals surface area contributed by atoms with Crippen molar-refractivity contribution in [1.82, 2.24) is 0 Å². The van der Waals surface area contributed by atoms with Gasteiger partial charge in [0.1, 0.15) is 6.29 Å². The van der Waals surface area contributed by atoms with Gasteiger partial charge in [-0.1, -0.05) is 36.4 Å². The molecule has 4 nitrogen and oxygen atoms in total. The molecule has 0 aliphatic rings. The molecule has 106 valence electrons. The lowest BCUT2D eigenvalue weighted by Gasteiger charge is -1.97. The zero-order valence-electron chi connectivity index (χ0n) is 11.7. The summed E-state index contributed by atoms with van der Waals surface area (Å²) < 4.78 is 6.36. The molecule has 0 radical (unpaired) electrons. The van der Waals surface area contributed by atoms with Crippen molar-refractivity contribution < 1.29 is 18.9 Å².